The third-order valence-corrected chi connectivity index (χ3v) is 5.33. The Bertz CT molecular complexity index is 1060. The number of hydrogen-bond donors (Lipinski definition) is 4. The van der Waals surface area contributed by atoms with Crippen LogP contribution in [0.3, 0.4) is 0 Å². The molecule has 0 atom stereocenters. The van der Waals surface area contributed by atoms with E-state index in [0.29, 0.717) is 8.95 Å². The second kappa shape index (κ2) is 6.97. The number of aryl methyl sites for hydroxylation is 1. The molecule has 2 aromatic carbocycles. The predicted molar refractivity (Wildman–Crippen MR) is 104 cm³/mol. The highest BCUT2D eigenvalue weighted by Gasteiger charge is 2.30. The number of ketones is 1. The first-order chi connectivity index (χ1) is 12.7. The van der Waals surface area contributed by atoms with Gasteiger partial charge >= 0.3 is 0 Å². The molecule has 0 fully saturated rings. The molecule has 142 valence electrons. The quantitative estimate of drug-likeness (QED) is 0.234. The molecule has 1 heterocycles. The summed E-state index contributed by atoms with van der Waals surface area (Å²) in [5, 5.41) is 40.6. The third kappa shape index (κ3) is 2.90. The number of rotatable bonds is 4. The number of phenolic OH excluding ortho intramolecular Hbond substituents is 4. The Kier molecular flexibility index (Phi) is 5.00. The lowest BCUT2D eigenvalue weighted by Crippen LogP contribution is -2.04. The molecule has 0 aliphatic rings. The van der Waals surface area contributed by atoms with Gasteiger partial charge in [-0.15, -0.1) is 0 Å². The molecule has 4 N–H and O–H groups in total. The second-order valence-corrected chi connectivity index (χ2v) is 7.36. The van der Waals surface area contributed by atoms with Gasteiger partial charge in [0.25, 0.3) is 0 Å². The van der Waals surface area contributed by atoms with E-state index in [1.54, 1.807) is 6.92 Å². The maximum atomic E-state index is 13.2. The maximum Gasteiger partial charge on any atom is 0.210 e. The van der Waals surface area contributed by atoms with E-state index in [4.69, 9.17) is 9.15 Å². The summed E-state index contributed by atoms with van der Waals surface area (Å²) in [6.07, 6.45) is 0.290. The number of fused-ring (bicyclic) bond motifs is 1. The summed E-state index contributed by atoms with van der Waals surface area (Å²) in [4.78, 5) is 13.2. The molecule has 3 aromatic rings. The van der Waals surface area contributed by atoms with Crippen molar-refractivity contribution < 1.29 is 34.4 Å². The zero-order chi connectivity index (χ0) is 20.0. The summed E-state index contributed by atoms with van der Waals surface area (Å²) in [6, 6.07) is 2.84. The highest BCUT2D eigenvalue weighted by Crippen LogP contribution is 2.52. The van der Waals surface area contributed by atoms with Gasteiger partial charge in [0.15, 0.2) is 17.1 Å². The number of carbonyl (C=O) groups excluding carboxylic acids is 1. The molecule has 0 saturated heterocycles. The van der Waals surface area contributed by atoms with E-state index in [9.17, 15) is 25.2 Å². The van der Waals surface area contributed by atoms with E-state index in [1.807, 2.05) is 0 Å². The lowest BCUT2D eigenvalue weighted by molar-refractivity contribution is 0.103. The van der Waals surface area contributed by atoms with Gasteiger partial charge in [-0.05, 0) is 44.0 Å². The number of furan rings is 1. The van der Waals surface area contributed by atoms with Gasteiger partial charge in [-0.3, -0.25) is 4.79 Å². The summed E-state index contributed by atoms with van der Waals surface area (Å²) in [5.41, 5.74) is 0.0279. The summed E-state index contributed by atoms with van der Waals surface area (Å²) in [7, 11) is 1.21. The minimum absolute atomic E-state index is 0.00254. The van der Waals surface area contributed by atoms with Crippen LogP contribution in [0.4, 0.5) is 0 Å². The van der Waals surface area contributed by atoms with Gasteiger partial charge in [0.2, 0.25) is 17.2 Å². The van der Waals surface area contributed by atoms with Crippen LogP contribution in [0, 0.1) is 0 Å². The minimum atomic E-state index is -0.701. The van der Waals surface area contributed by atoms with Crippen molar-refractivity contribution >= 4 is 48.6 Å². The fourth-order valence-electron chi connectivity index (χ4n) is 2.84. The molecule has 3 rings (SSSR count). The Labute approximate surface area is 170 Å². The Hall–Kier alpha value is -2.39. The summed E-state index contributed by atoms with van der Waals surface area (Å²) in [6.45, 7) is 1.74. The number of hydrogen-bond acceptors (Lipinski definition) is 7. The molecule has 0 bridgehead atoms. The number of carbonyl (C=O) groups is 1. The van der Waals surface area contributed by atoms with Crippen molar-refractivity contribution in [2.75, 3.05) is 7.11 Å². The molecular weight excluding hydrogens is 488 g/mol. The largest absolute Gasteiger partial charge is 0.506 e. The van der Waals surface area contributed by atoms with E-state index in [1.165, 1.54) is 19.2 Å². The molecule has 27 heavy (non-hydrogen) atoms. The highest BCUT2D eigenvalue weighted by atomic mass is 79.9. The maximum absolute atomic E-state index is 13.2. The van der Waals surface area contributed by atoms with Crippen LogP contribution < -0.4 is 4.74 Å². The predicted octanol–water partition coefficient (Wildman–Crippen LogP) is 4.58. The second-order valence-electron chi connectivity index (χ2n) is 5.65. The topological polar surface area (TPSA) is 120 Å². The van der Waals surface area contributed by atoms with Gasteiger partial charge in [-0.2, -0.15) is 0 Å². The Balaban J connectivity index is 2.36. The van der Waals surface area contributed by atoms with E-state index < -0.39 is 23.0 Å². The molecule has 0 aliphatic carbocycles. The van der Waals surface area contributed by atoms with Gasteiger partial charge < -0.3 is 29.6 Å². The van der Waals surface area contributed by atoms with Crippen LogP contribution in [0.5, 0.6) is 28.7 Å². The molecule has 0 saturated carbocycles. The minimum Gasteiger partial charge on any atom is -0.506 e. The standard InChI is InChI=1S/C18H14Br2O7/c1-3-9-10(12(21)6-4-7(19)13(22)8(20)5-6)11-14(23)15(24)18(26-2)16(25)17(11)27-9/h4-5,22-25H,3H2,1-2H3. The van der Waals surface area contributed by atoms with Crippen LogP contribution in [0.1, 0.15) is 28.6 Å². The molecule has 9 heteroatoms. The first kappa shape index (κ1) is 19.4. The molecule has 7 nitrogen and oxygen atoms in total. The van der Waals surface area contributed by atoms with Crippen molar-refractivity contribution in [3.05, 3.63) is 38.0 Å². The highest BCUT2D eigenvalue weighted by molar-refractivity contribution is 9.11. The van der Waals surface area contributed by atoms with Crippen molar-refractivity contribution in [3.63, 3.8) is 0 Å². The molecule has 1 aromatic heterocycles. The lowest BCUT2D eigenvalue weighted by atomic mass is 9.98. The van der Waals surface area contributed by atoms with Gasteiger partial charge in [0.05, 0.1) is 27.0 Å². The zero-order valence-corrected chi connectivity index (χ0v) is 17.3. The fourth-order valence-corrected chi connectivity index (χ4v) is 4.02. The monoisotopic (exact) mass is 500 g/mol. The van der Waals surface area contributed by atoms with Gasteiger partial charge in [-0.25, -0.2) is 0 Å². The summed E-state index contributed by atoms with van der Waals surface area (Å²) < 4.78 is 11.1. The van der Waals surface area contributed by atoms with Crippen LogP contribution in [0.15, 0.2) is 25.5 Å². The number of phenols is 4. The molecular formula is C18H14Br2O7. The van der Waals surface area contributed by atoms with Crippen molar-refractivity contribution in [2.24, 2.45) is 0 Å². The van der Waals surface area contributed by atoms with Crippen molar-refractivity contribution in [2.45, 2.75) is 13.3 Å². The average Bonchev–Trinajstić information content (AvgIpc) is 3.03. The molecule has 0 amide bonds. The lowest BCUT2D eigenvalue weighted by Gasteiger charge is -2.09. The molecule has 0 aliphatic heterocycles. The first-order valence-corrected chi connectivity index (χ1v) is 9.30. The third-order valence-electron chi connectivity index (χ3n) is 4.12. The van der Waals surface area contributed by atoms with E-state index >= 15 is 0 Å². The van der Waals surface area contributed by atoms with Crippen LogP contribution in [-0.2, 0) is 6.42 Å². The first-order valence-electron chi connectivity index (χ1n) is 7.71. The van der Waals surface area contributed by atoms with Crippen LogP contribution in [0.25, 0.3) is 11.0 Å². The van der Waals surface area contributed by atoms with E-state index in [-0.39, 0.29) is 45.8 Å². The van der Waals surface area contributed by atoms with Crippen molar-refractivity contribution in [1.82, 2.24) is 0 Å². The molecule has 0 unspecified atom stereocenters. The summed E-state index contributed by atoms with van der Waals surface area (Å²) in [5.74, 6) is -2.59. The molecule has 0 radical (unpaired) electrons. The Morgan fingerprint density at radius 1 is 1.04 bits per heavy atom. The number of benzene rings is 2. The zero-order valence-electron chi connectivity index (χ0n) is 14.1. The average molecular weight is 502 g/mol. The van der Waals surface area contributed by atoms with Crippen molar-refractivity contribution in [3.8, 4) is 28.7 Å². The molecule has 0 spiro atoms. The van der Waals surface area contributed by atoms with Crippen molar-refractivity contribution in [1.29, 1.82) is 0 Å². The van der Waals surface area contributed by atoms with Gasteiger partial charge in [0.1, 0.15) is 11.5 Å². The fraction of sp³-hybridized carbons (Fsp3) is 0.167. The number of ether oxygens (including phenoxy) is 1. The number of aromatic hydroxyl groups is 4. The van der Waals surface area contributed by atoms with Gasteiger partial charge in [0, 0.05) is 12.0 Å². The van der Waals surface area contributed by atoms with E-state index in [0.717, 1.165) is 0 Å². The number of methoxy groups -OCH3 is 1. The number of halogens is 2. The van der Waals surface area contributed by atoms with Crippen LogP contribution in [-0.4, -0.2) is 33.3 Å². The smallest absolute Gasteiger partial charge is 0.210 e. The van der Waals surface area contributed by atoms with Crippen LogP contribution >= 0.6 is 31.9 Å². The normalized spacial score (nSPS) is 11.1. The Morgan fingerprint density at radius 2 is 1.63 bits per heavy atom. The Morgan fingerprint density at radius 3 is 2.15 bits per heavy atom. The SMILES string of the molecule is CCc1oc2c(O)c(OC)c(O)c(O)c2c1C(=O)c1cc(Br)c(O)c(Br)c1. The van der Waals surface area contributed by atoms with E-state index in [2.05, 4.69) is 31.9 Å². The van der Waals surface area contributed by atoms with Gasteiger partial charge in [-0.1, -0.05) is 6.92 Å². The summed E-state index contributed by atoms with van der Waals surface area (Å²) >= 11 is 6.34. The van der Waals surface area contributed by atoms with Crippen LogP contribution in [0.2, 0.25) is 0 Å².